The summed E-state index contributed by atoms with van der Waals surface area (Å²) >= 11 is 0. The Hall–Kier alpha value is -1.58. The molecule has 1 aromatic heterocycles. The highest BCUT2D eigenvalue weighted by Crippen LogP contribution is 2.12. The number of hydrogen-bond acceptors (Lipinski definition) is 4. The highest BCUT2D eigenvalue weighted by Gasteiger charge is 2.12. The molecule has 0 amide bonds. The first-order valence-electron chi connectivity index (χ1n) is 5.19. The molecule has 4 heteroatoms. The lowest BCUT2D eigenvalue weighted by molar-refractivity contribution is -0.114. The maximum atomic E-state index is 11.0. The Morgan fingerprint density at radius 1 is 1.53 bits per heavy atom. The third kappa shape index (κ3) is 2.46. The van der Waals surface area contributed by atoms with Gasteiger partial charge in [-0.3, -0.25) is 4.79 Å². The summed E-state index contributed by atoms with van der Waals surface area (Å²) in [6.07, 6.45) is 5.68. The Kier molecular flexibility index (Phi) is 2.85. The Balaban J connectivity index is 1.88. The smallest absolute Gasteiger partial charge is 0.213 e. The maximum Gasteiger partial charge on any atom is 0.213 e. The molecule has 0 spiro atoms. The largest absolute Gasteiger partial charge is 0.444 e. The van der Waals surface area contributed by atoms with E-state index >= 15 is 0 Å². The molecule has 2 rings (SSSR count). The van der Waals surface area contributed by atoms with Crippen molar-refractivity contribution in [3.63, 3.8) is 0 Å². The minimum absolute atomic E-state index is 0.194. The monoisotopic (exact) mass is 206 g/mol. The molecule has 0 aromatic carbocycles. The highest BCUT2D eigenvalue weighted by molar-refractivity contribution is 5.92. The van der Waals surface area contributed by atoms with E-state index in [1.54, 1.807) is 12.3 Å². The zero-order valence-electron chi connectivity index (χ0n) is 8.75. The van der Waals surface area contributed by atoms with Gasteiger partial charge in [0.2, 0.25) is 5.89 Å². The standard InChI is InChI=1S/C11H14N2O2/c1-2-10-6-13-11(15-10)7-12-8-3-4-9(14)5-8/h5-6,12H,2-4,7H2,1H3. The van der Waals surface area contributed by atoms with Gasteiger partial charge in [0.05, 0.1) is 12.7 Å². The molecule has 1 aliphatic carbocycles. The van der Waals surface area contributed by atoms with Crippen LogP contribution < -0.4 is 5.32 Å². The number of oxazole rings is 1. The number of carbonyl (C=O) groups is 1. The van der Waals surface area contributed by atoms with E-state index in [1.165, 1.54) is 0 Å². The van der Waals surface area contributed by atoms with E-state index in [4.69, 9.17) is 4.42 Å². The van der Waals surface area contributed by atoms with Crippen LogP contribution in [-0.2, 0) is 17.8 Å². The minimum atomic E-state index is 0.194. The van der Waals surface area contributed by atoms with Crippen molar-refractivity contribution in [1.82, 2.24) is 10.3 Å². The molecule has 0 saturated carbocycles. The van der Waals surface area contributed by atoms with Gasteiger partial charge in [-0.15, -0.1) is 0 Å². The third-order valence-electron chi connectivity index (χ3n) is 2.39. The van der Waals surface area contributed by atoms with Gasteiger partial charge in [0.1, 0.15) is 5.76 Å². The SMILES string of the molecule is CCc1cnc(CNC2=CC(=O)CC2)o1. The maximum absolute atomic E-state index is 11.0. The fourth-order valence-electron chi connectivity index (χ4n) is 1.52. The number of nitrogens with one attached hydrogen (secondary N) is 1. The Morgan fingerprint density at radius 2 is 2.40 bits per heavy atom. The Morgan fingerprint density at radius 3 is 3.00 bits per heavy atom. The summed E-state index contributed by atoms with van der Waals surface area (Å²) in [5.41, 5.74) is 0.983. The molecule has 1 aromatic rings. The van der Waals surface area contributed by atoms with Gasteiger partial charge in [-0.25, -0.2) is 4.98 Å². The van der Waals surface area contributed by atoms with Crippen LogP contribution in [0.2, 0.25) is 0 Å². The van der Waals surface area contributed by atoms with Crippen LogP contribution in [0.5, 0.6) is 0 Å². The van der Waals surface area contributed by atoms with Crippen molar-refractivity contribution in [2.45, 2.75) is 32.7 Å². The van der Waals surface area contributed by atoms with Crippen LogP contribution >= 0.6 is 0 Å². The van der Waals surface area contributed by atoms with Gasteiger partial charge in [-0.1, -0.05) is 6.92 Å². The lowest BCUT2D eigenvalue weighted by Crippen LogP contribution is -2.11. The first-order valence-corrected chi connectivity index (χ1v) is 5.19. The summed E-state index contributed by atoms with van der Waals surface area (Å²) in [7, 11) is 0. The molecule has 1 heterocycles. The van der Waals surface area contributed by atoms with Crippen LogP contribution in [0.4, 0.5) is 0 Å². The number of aromatic nitrogens is 1. The van der Waals surface area contributed by atoms with Crippen molar-refractivity contribution in [2.24, 2.45) is 0 Å². The second-order valence-electron chi connectivity index (χ2n) is 3.56. The van der Waals surface area contributed by atoms with Gasteiger partial charge in [-0.05, 0) is 6.42 Å². The zero-order chi connectivity index (χ0) is 10.7. The molecular weight excluding hydrogens is 192 g/mol. The molecule has 0 fully saturated rings. The van der Waals surface area contributed by atoms with Crippen LogP contribution in [-0.4, -0.2) is 10.8 Å². The van der Waals surface area contributed by atoms with Gasteiger partial charge in [0.15, 0.2) is 5.78 Å². The van der Waals surface area contributed by atoms with Crippen molar-refractivity contribution < 1.29 is 9.21 Å². The molecule has 0 bridgehead atoms. The highest BCUT2D eigenvalue weighted by atomic mass is 16.4. The average Bonchev–Trinajstić information content (AvgIpc) is 2.83. The second kappa shape index (κ2) is 4.29. The van der Waals surface area contributed by atoms with Crippen molar-refractivity contribution in [3.05, 3.63) is 29.6 Å². The van der Waals surface area contributed by atoms with Crippen LogP contribution in [0.1, 0.15) is 31.4 Å². The van der Waals surface area contributed by atoms with Crippen molar-refractivity contribution in [1.29, 1.82) is 0 Å². The lowest BCUT2D eigenvalue weighted by Gasteiger charge is -2.02. The van der Waals surface area contributed by atoms with Crippen LogP contribution in [0.3, 0.4) is 0 Å². The summed E-state index contributed by atoms with van der Waals surface area (Å²) < 4.78 is 5.43. The molecule has 1 N–H and O–H groups in total. The van der Waals surface area contributed by atoms with Crippen molar-refractivity contribution in [3.8, 4) is 0 Å². The molecular formula is C11H14N2O2. The van der Waals surface area contributed by atoms with Gasteiger partial charge >= 0.3 is 0 Å². The zero-order valence-corrected chi connectivity index (χ0v) is 8.75. The van der Waals surface area contributed by atoms with E-state index in [0.717, 1.165) is 24.3 Å². The number of ketones is 1. The number of carbonyl (C=O) groups excluding carboxylic acids is 1. The van der Waals surface area contributed by atoms with Crippen molar-refractivity contribution in [2.75, 3.05) is 0 Å². The predicted octanol–water partition coefficient (Wildman–Crippen LogP) is 1.57. The molecule has 4 nitrogen and oxygen atoms in total. The van der Waals surface area contributed by atoms with E-state index in [2.05, 4.69) is 10.3 Å². The van der Waals surface area contributed by atoms with Gasteiger partial charge < -0.3 is 9.73 Å². The fourth-order valence-corrected chi connectivity index (χ4v) is 1.52. The normalized spacial score (nSPS) is 15.5. The molecule has 0 unspecified atom stereocenters. The predicted molar refractivity (Wildman–Crippen MR) is 55.0 cm³/mol. The molecule has 1 aliphatic rings. The van der Waals surface area contributed by atoms with Gasteiger partial charge in [-0.2, -0.15) is 0 Å². The Bertz CT molecular complexity index is 393. The molecule has 0 saturated heterocycles. The number of allylic oxidation sites excluding steroid dienone is 2. The Labute approximate surface area is 88.4 Å². The van der Waals surface area contributed by atoms with E-state index in [-0.39, 0.29) is 5.78 Å². The van der Waals surface area contributed by atoms with E-state index in [0.29, 0.717) is 18.9 Å². The van der Waals surface area contributed by atoms with E-state index in [1.807, 2.05) is 6.92 Å². The molecule has 0 aliphatic heterocycles. The lowest BCUT2D eigenvalue weighted by atomic mass is 10.3. The topological polar surface area (TPSA) is 55.1 Å². The average molecular weight is 206 g/mol. The molecule has 0 radical (unpaired) electrons. The van der Waals surface area contributed by atoms with E-state index in [9.17, 15) is 4.79 Å². The molecule has 15 heavy (non-hydrogen) atoms. The summed E-state index contributed by atoms with van der Waals surface area (Å²) in [6.45, 7) is 2.58. The minimum Gasteiger partial charge on any atom is -0.444 e. The molecule has 80 valence electrons. The first-order chi connectivity index (χ1) is 7.28. The van der Waals surface area contributed by atoms with Crippen molar-refractivity contribution >= 4 is 5.78 Å². The molecule has 0 atom stereocenters. The van der Waals surface area contributed by atoms with E-state index < -0.39 is 0 Å². The number of nitrogens with zero attached hydrogens (tertiary/aromatic N) is 1. The summed E-state index contributed by atoms with van der Waals surface area (Å²) in [6, 6.07) is 0. The van der Waals surface area contributed by atoms with Gasteiger partial charge in [0.25, 0.3) is 0 Å². The fraction of sp³-hybridized carbons (Fsp3) is 0.455. The first kappa shape index (κ1) is 9.96. The van der Waals surface area contributed by atoms with Crippen LogP contribution in [0.15, 0.2) is 22.4 Å². The van der Waals surface area contributed by atoms with Crippen LogP contribution in [0.25, 0.3) is 0 Å². The summed E-state index contributed by atoms with van der Waals surface area (Å²) in [5.74, 6) is 1.76. The number of rotatable bonds is 4. The second-order valence-corrected chi connectivity index (χ2v) is 3.56. The number of aryl methyl sites for hydroxylation is 1. The summed E-state index contributed by atoms with van der Waals surface area (Å²) in [5, 5.41) is 3.15. The van der Waals surface area contributed by atoms with Crippen LogP contribution in [0, 0.1) is 0 Å². The van der Waals surface area contributed by atoms with Gasteiger partial charge in [0, 0.05) is 24.6 Å². The number of hydrogen-bond donors (Lipinski definition) is 1. The summed E-state index contributed by atoms with van der Waals surface area (Å²) in [4.78, 5) is 15.1. The third-order valence-corrected chi connectivity index (χ3v) is 2.39. The quantitative estimate of drug-likeness (QED) is 0.812.